The molecule has 1 N–H and O–H groups in total. The first-order valence-corrected chi connectivity index (χ1v) is 7.63. The second kappa shape index (κ2) is 9.25. The molecule has 134 valence electrons. The van der Waals surface area contributed by atoms with Crippen LogP contribution in [0.4, 0.5) is 4.39 Å². The molecule has 0 spiro atoms. The molecular formula is C18H17FN4O3. The number of nitrogens with zero attached hydrogens (tertiary/aromatic N) is 3. The standard InChI is InChI=1S/C18H17FN4O3/c1-12-6-14(10-25-2)16(8-20)18(22-12)26-11-17(24)23-21-9-13-4-3-5-15(19)7-13/h3-7,9H,10-11H2,1-2H3,(H,23,24). The molecule has 0 aliphatic heterocycles. The molecule has 1 aromatic carbocycles. The van der Waals surface area contributed by atoms with Crippen molar-refractivity contribution in [2.45, 2.75) is 13.5 Å². The van der Waals surface area contributed by atoms with E-state index in [0.29, 0.717) is 16.8 Å². The third kappa shape index (κ3) is 5.36. The number of carbonyl (C=O) groups excluding carboxylic acids is 1. The van der Waals surface area contributed by atoms with Crippen LogP contribution in [0, 0.1) is 24.1 Å². The van der Waals surface area contributed by atoms with Gasteiger partial charge in [0.2, 0.25) is 5.88 Å². The summed E-state index contributed by atoms with van der Waals surface area (Å²) in [7, 11) is 1.52. The second-order valence-corrected chi connectivity index (χ2v) is 5.28. The van der Waals surface area contributed by atoms with Crippen molar-refractivity contribution in [2.75, 3.05) is 13.7 Å². The van der Waals surface area contributed by atoms with Crippen molar-refractivity contribution >= 4 is 12.1 Å². The number of carbonyl (C=O) groups is 1. The van der Waals surface area contributed by atoms with E-state index in [4.69, 9.17) is 9.47 Å². The highest BCUT2D eigenvalue weighted by molar-refractivity contribution is 5.82. The van der Waals surface area contributed by atoms with Crippen LogP contribution in [0.25, 0.3) is 0 Å². The number of pyridine rings is 1. The number of hydrogen-bond donors (Lipinski definition) is 1. The molecule has 26 heavy (non-hydrogen) atoms. The van der Waals surface area contributed by atoms with Crippen LogP contribution in [0.5, 0.6) is 5.88 Å². The van der Waals surface area contributed by atoms with Gasteiger partial charge in [-0.05, 0) is 30.7 Å². The Morgan fingerprint density at radius 2 is 2.27 bits per heavy atom. The fraction of sp³-hybridized carbons (Fsp3) is 0.222. The van der Waals surface area contributed by atoms with E-state index in [1.54, 1.807) is 19.1 Å². The molecule has 0 fully saturated rings. The van der Waals surface area contributed by atoms with Gasteiger partial charge in [-0.15, -0.1) is 0 Å². The van der Waals surface area contributed by atoms with Gasteiger partial charge in [0.05, 0.1) is 12.8 Å². The minimum atomic E-state index is -0.543. The molecule has 0 atom stereocenters. The van der Waals surface area contributed by atoms with Gasteiger partial charge in [-0.2, -0.15) is 10.4 Å². The summed E-state index contributed by atoms with van der Waals surface area (Å²) < 4.78 is 23.4. The van der Waals surface area contributed by atoms with Crippen molar-refractivity contribution in [2.24, 2.45) is 5.10 Å². The van der Waals surface area contributed by atoms with Crippen LogP contribution >= 0.6 is 0 Å². The molecule has 1 heterocycles. The topological polar surface area (TPSA) is 96.6 Å². The normalized spacial score (nSPS) is 10.5. The number of amides is 1. The molecule has 1 aromatic heterocycles. The van der Waals surface area contributed by atoms with Crippen molar-refractivity contribution in [3.8, 4) is 11.9 Å². The van der Waals surface area contributed by atoms with Crippen LogP contribution in [0.2, 0.25) is 0 Å². The third-order valence-corrected chi connectivity index (χ3v) is 3.20. The summed E-state index contributed by atoms with van der Waals surface area (Å²) in [4.78, 5) is 15.9. The summed E-state index contributed by atoms with van der Waals surface area (Å²) in [5.41, 5.74) is 4.24. The van der Waals surface area contributed by atoms with E-state index in [-0.39, 0.29) is 24.7 Å². The lowest BCUT2D eigenvalue weighted by Crippen LogP contribution is -2.25. The average molecular weight is 356 g/mol. The Hall–Kier alpha value is -3.31. The maximum absolute atomic E-state index is 13.0. The lowest BCUT2D eigenvalue weighted by molar-refractivity contribution is -0.123. The van der Waals surface area contributed by atoms with Crippen molar-refractivity contribution in [1.82, 2.24) is 10.4 Å². The molecule has 0 bridgehead atoms. The first-order chi connectivity index (χ1) is 12.5. The smallest absolute Gasteiger partial charge is 0.278 e. The Kier molecular flexibility index (Phi) is 6.76. The number of hydrogen-bond acceptors (Lipinski definition) is 6. The first kappa shape index (κ1) is 19.0. The van der Waals surface area contributed by atoms with Gasteiger partial charge in [-0.3, -0.25) is 4.79 Å². The summed E-state index contributed by atoms with van der Waals surface area (Å²) in [6.07, 6.45) is 1.31. The number of rotatable bonds is 7. The molecular weight excluding hydrogens is 339 g/mol. The van der Waals surface area contributed by atoms with Crippen LogP contribution in [0.1, 0.15) is 22.4 Å². The van der Waals surface area contributed by atoms with Gasteiger partial charge in [-0.25, -0.2) is 14.8 Å². The number of benzene rings is 1. The van der Waals surface area contributed by atoms with E-state index >= 15 is 0 Å². The van der Waals surface area contributed by atoms with Crippen molar-refractivity contribution in [3.63, 3.8) is 0 Å². The highest BCUT2D eigenvalue weighted by atomic mass is 19.1. The van der Waals surface area contributed by atoms with Gasteiger partial charge < -0.3 is 9.47 Å². The summed E-state index contributed by atoms with van der Waals surface area (Å²) in [5, 5.41) is 13.0. The SMILES string of the molecule is COCc1cc(C)nc(OCC(=O)NN=Cc2cccc(F)c2)c1C#N. The van der Waals surface area contributed by atoms with E-state index in [1.165, 1.54) is 31.5 Å². The molecule has 0 saturated heterocycles. The number of ether oxygens (including phenoxy) is 2. The van der Waals surface area contributed by atoms with Gasteiger partial charge in [0.15, 0.2) is 6.61 Å². The highest BCUT2D eigenvalue weighted by Crippen LogP contribution is 2.21. The predicted molar refractivity (Wildman–Crippen MR) is 92.0 cm³/mol. The summed E-state index contributed by atoms with van der Waals surface area (Å²) >= 11 is 0. The Morgan fingerprint density at radius 3 is 2.96 bits per heavy atom. The van der Waals surface area contributed by atoms with Crippen molar-refractivity contribution in [1.29, 1.82) is 5.26 Å². The Labute approximate surface area is 150 Å². The lowest BCUT2D eigenvalue weighted by Gasteiger charge is -2.10. The largest absolute Gasteiger partial charge is 0.467 e. The third-order valence-electron chi connectivity index (χ3n) is 3.20. The maximum Gasteiger partial charge on any atom is 0.278 e. The van der Waals surface area contributed by atoms with Crippen LogP contribution in [0.15, 0.2) is 35.4 Å². The lowest BCUT2D eigenvalue weighted by atomic mass is 10.1. The molecule has 0 radical (unpaired) electrons. The zero-order valence-electron chi connectivity index (χ0n) is 14.3. The number of aryl methyl sites for hydroxylation is 1. The van der Waals surface area contributed by atoms with Gasteiger partial charge in [-0.1, -0.05) is 12.1 Å². The summed E-state index contributed by atoms with van der Waals surface area (Å²) in [6.45, 7) is 1.60. The maximum atomic E-state index is 13.0. The number of methoxy groups -OCH3 is 1. The number of hydrazone groups is 1. The molecule has 2 rings (SSSR count). The van der Waals surface area contributed by atoms with Crippen LogP contribution in [0.3, 0.4) is 0 Å². The number of nitrogens with one attached hydrogen (secondary N) is 1. The van der Waals surface area contributed by atoms with E-state index in [9.17, 15) is 14.4 Å². The molecule has 0 aliphatic carbocycles. The predicted octanol–water partition coefficient (Wildman–Crippen LogP) is 2.08. The quantitative estimate of drug-likeness (QED) is 0.605. The van der Waals surface area contributed by atoms with Crippen molar-refractivity contribution < 1.29 is 18.7 Å². The summed E-state index contributed by atoms with van der Waals surface area (Å²) in [5.74, 6) is -0.882. The molecule has 0 aliphatic rings. The molecule has 8 heteroatoms. The molecule has 1 amide bonds. The monoisotopic (exact) mass is 356 g/mol. The minimum absolute atomic E-state index is 0.0591. The second-order valence-electron chi connectivity index (χ2n) is 5.28. The Morgan fingerprint density at radius 1 is 1.46 bits per heavy atom. The average Bonchev–Trinajstić information content (AvgIpc) is 2.60. The first-order valence-electron chi connectivity index (χ1n) is 7.63. The molecule has 7 nitrogen and oxygen atoms in total. The zero-order valence-corrected chi connectivity index (χ0v) is 14.3. The zero-order chi connectivity index (χ0) is 18.9. The molecule has 2 aromatic rings. The van der Waals surface area contributed by atoms with Gasteiger partial charge >= 0.3 is 0 Å². The fourth-order valence-electron chi connectivity index (χ4n) is 2.14. The van der Waals surface area contributed by atoms with Gasteiger partial charge in [0.25, 0.3) is 5.91 Å². The van der Waals surface area contributed by atoms with Crippen LogP contribution < -0.4 is 10.2 Å². The number of halogens is 1. The number of aromatic nitrogens is 1. The Bertz CT molecular complexity index is 862. The van der Waals surface area contributed by atoms with Crippen molar-refractivity contribution in [3.05, 3.63) is 58.5 Å². The molecule has 0 saturated carbocycles. The number of nitriles is 1. The van der Waals surface area contributed by atoms with Crippen LogP contribution in [-0.4, -0.2) is 30.8 Å². The fourth-order valence-corrected chi connectivity index (χ4v) is 2.14. The van der Waals surface area contributed by atoms with Gasteiger partial charge in [0, 0.05) is 18.4 Å². The van der Waals surface area contributed by atoms with E-state index in [2.05, 4.69) is 15.5 Å². The minimum Gasteiger partial charge on any atom is -0.467 e. The van der Waals surface area contributed by atoms with Crippen LogP contribution in [-0.2, 0) is 16.1 Å². The Balaban J connectivity index is 1.98. The summed E-state index contributed by atoms with van der Waals surface area (Å²) in [6, 6.07) is 9.49. The molecule has 0 unspecified atom stereocenters. The van der Waals surface area contributed by atoms with E-state index in [0.717, 1.165) is 0 Å². The highest BCUT2D eigenvalue weighted by Gasteiger charge is 2.14. The van der Waals surface area contributed by atoms with E-state index < -0.39 is 11.7 Å². The van der Waals surface area contributed by atoms with E-state index in [1.807, 2.05) is 6.07 Å². The van der Waals surface area contributed by atoms with Gasteiger partial charge in [0.1, 0.15) is 17.4 Å².